The van der Waals surface area contributed by atoms with Gasteiger partial charge in [-0.1, -0.05) is 30.3 Å². The molecule has 1 unspecified atom stereocenters. The smallest absolute Gasteiger partial charge is 0.255 e. The first-order valence-electron chi connectivity index (χ1n) is 9.79. The van der Waals surface area contributed by atoms with Gasteiger partial charge in [-0.25, -0.2) is 0 Å². The van der Waals surface area contributed by atoms with Gasteiger partial charge < -0.3 is 16.0 Å². The van der Waals surface area contributed by atoms with Gasteiger partial charge in [-0.2, -0.15) is 0 Å². The Morgan fingerprint density at radius 2 is 2.00 bits per heavy atom. The average Bonchev–Trinajstić information content (AvgIpc) is 3.03. The van der Waals surface area contributed by atoms with Gasteiger partial charge in [0.1, 0.15) is 6.04 Å². The molecule has 7 nitrogen and oxygen atoms in total. The van der Waals surface area contributed by atoms with Crippen LogP contribution in [0.1, 0.15) is 52.9 Å². The highest BCUT2D eigenvalue weighted by Gasteiger charge is 2.39. The van der Waals surface area contributed by atoms with Crippen molar-refractivity contribution in [3.63, 3.8) is 0 Å². The molecule has 4 N–H and O–H groups in total. The maximum atomic E-state index is 13.1. The van der Waals surface area contributed by atoms with E-state index >= 15 is 0 Å². The van der Waals surface area contributed by atoms with Crippen LogP contribution >= 0.6 is 0 Å². The van der Waals surface area contributed by atoms with Gasteiger partial charge >= 0.3 is 0 Å². The minimum atomic E-state index is -0.601. The average molecular weight is 392 g/mol. The summed E-state index contributed by atoms with van der Waals surface area (Å²) in [4.78, 5) is 38.3. The fourth-order valence-corrected chi connectivity index (χ4v) is 3.97. The topological polar surface area (TPSA) is 105 Å². The van der Waals surface area contributed by atoms with Gasteiger partial charge in [0.25, 0.3) is 5.91 Å². The molecule has 7 heteroatoms. The first kappa shape index (κ1) is 19.1. The van der Waals surface area contributed by atoms with E-state index < -0.39 is 11.9 Å². The summed E-state index contributed by atoms with van der Waals surface area (Å²) in [5.74, 6) is -0.833. The predicted octanol–water partition coefficient (Wildman–Crippen LogP) is 2.08. The third kappa shape index (κ3) is 3.73. The Bertz CT molecular complexity index is 986. The Balaban J connectivity index is 1.52. The number of fused-ring (bicyclic) bond motifs is 1. The third-order valence-electron chi connectivity index (χ3n) is 5.53. The summed E-state index contributed by atoms with van der Waals surface area (Å²) < 4.78 is 0. The first-order chi connectivity index (χ1) is 13.9. The van der Waals surface area contributed by atoms with Crippen LogP contribution in [0.5, 0.6) is 0 Å². The molecule has 0 saturated carbocycles. The Morgan fingerprint density at radius 1 is 1.21 bits per heavy atom. The summed E-state index contributed by atoms with van der Waals surface area (Å²) >= 11 is 0. The number of benzene rings is 2. The van der Waals surface area contributed by atoms with Crippen molar-refractivity contribution in [2.75, 3.05) is 5.32 Å². The monoisotopic (exact) mass is 392 g/mol. The van der Waals surface area contributed by atoms with Crippen LogP contribution in [0.4, 0.5) is 5.69 Å². The molecular formula is C22H24N4O3. The van der Waals surface area contributed by atoms with E-state index in [-0.39, 0.29) is 24.3 Å². The summed E-state index contributed by atoms with van der Waals surface area (Å²) in [6, 6.07) is 13.0. The molecule has 1 saturated heterocycles. The van der Waals surface area contributed by atoms with Crippen molar-refractivity contribution < 1.29 is 14.4 Å². The molecule has 29 heavy (non-hydrogen) atoms. The van der Waals surface area contributed by atoms with Crippen LogP contribution in [0.2, 0.25) is 0 Å². The number of nitrogens with one attached hydrogen (secondary N) is 2. The highest BCUT2D eigenvalue weighted by molar-refractivity contribution is 6.06. The van der Waals surface area contributed by atoms with Gasteiger partial charge in [-0.05, 0) is 42.2 Å². The largest absolute Gasteiger partial charge is 0.381 e. The Hall–Kier alpha value is -3.19. The first-order valence-corrected chi connectivity index (χ1v) is 9.79. The lowest BCUT2D eigenvalue weighted by Gasteiger charge is -2.29. The van der Waals surface area contributed by atoms with Crippen LogP contribution in [-0.4, -0.2) is 28.7 Å². The number of nitrogens with two attached hydrogens (primary N) is 1. The molecule has 2 aliphatic rings. The van der Waals surface area contributed by atoms with Crippen molar-refractivity contribution >= 4 is 23.4 Å². The minimum Gasteiger partial charge on any atom is -0.381 e. The van der Waals surface area contributed by atoms with E-state index in [1.165, 1.54) is 0 Å². The zero-order valence-corrected chi connectivity index (χ0v) is 16.3. The number of anilines is 1. The number of imide groups is 1. The number of rotatable bonds is 5. The van der Waals surface area contributed by atoms with Gasteiger partial charge in [-0.15, -0.1) is 0 Å². The van der Waals surface area contributed by atoms with E-state index in [1.807, 2.05) is 49.4 Å². The second-order valence-corrected chi connectivity index (χ2v) is 7.62. The number of hydrogen-bond acceptors (Lipinski definition) is 5. The second-order valence-electron chi connectivity index (χ2n) is 7.62. The maximum absolute atomic E-state index is 13.1. The minimum absolute atomic E-state index is 0.0543. The number of hydrogen-bond donors (Lipinski definition) is 3. The van der Waals surface area contributed by atoms with E-state index in [4.69, 9.17) is 5.73 Å². The molecule has 3 amide bonds. The zero-order chi connectivity index (χ0) is 20.5. The number of carbonyl (C=O) groups excluding carboxylic acids is 3. The SMILES string of the molecule is C[C@@H](N)c1cccc(NCc2cccc3c2C(=O)N(C2CCC(=O)NC2=O)C3)c1. The van der Waals surface area contributed by atoms with Crippen molar-refractivity contribution in [1.29, 1.82) is 0 Å². The molecule has 4 rings (SSSR count). The molecular weight excluding hydrogens is 368 g/mol. The quantitative estimate of drug-likeness (QED) is 0.676. The summed E-state index contributed by atoms with van der Waals surface area (Å²) in [5, 5.41) is 5.70. The third-order valence-corrected chi connectivity index (χ3v) is 5.53. The molecule has 2 aromatic rings. The molecule has 150 valence electrons. The molecule has 2 heterocycles. The van der Waals surface area contributed by atoms with Crippen molar-refractivity contribution in [3.05, 3.63) is 64.7 Å². The maximum Gasteiger partial charge on any atom is 0.255 e. The number of nitrogens with zero attached hydrogens (tertiary/aromatic N) is 1. The van der Waals surface area contributed by atoms with E-state index in [0.29, 0.717) is 25.1 Å². The predicted molar refractivity (Wildman–Crippen MR) is 109 cm³/mol. The highest BCUT2D eigenvalue weighted by atomic mass is 16.2. The molecule has 2 atom stereocenters. The molecule has 0 aromatic heterocycles. The summed E-state index contributed by atoms with van der Waals surface area (Å²) in [6.45, 7) is 2.81. The van der Waals surface area contributed by atoms with Gasteiger partial charge in [0.2, 0.25) is 11.8 Å². The Kier molecular flexibility index (Phi) is 5.07. The Morgan fingerprint density at radius 3 is 2.76 bits per heavy atom. The van der Waals surface area contributed by atoms with Crippen LogP contribution < -0.4 is 16.4 Å². The number of piperidine rings is 1. The van der Waals surface area contributed by atoms with Crippen LogP contribution in [0.25, 0.3) is 0 Å². The molecule has 2 aromatic carbocycles. The summed E-state index contributed by atoms with van der Waals surface area (Å²) in [7, 11) is 0. The zero-order valence-electron chi connectivity index (χ0n) is 16.3. The van der Waals surface area contributed by atoms with Crippen molar-refractivity contribution in [2.24, 2.45) is 5.73 Å². The Labute approximate surface area is 169 Å². The highest BCUT2D eigenvalue weighted by Crippen LogP contribution is 2.30. The van der Waals surface area contributed by atoms with Gasteiger partial charge in [0, 0.05) is 36.8 Å². The molecule has 2 aliphatic heterocycles. The summed E-state index contributed by atoms with van der Waals surface area (Å²) in [6.07, 6.45) is 0.614. The van der Waals surface area contributed by atoms with Crippen molar-refractivity contribution in [1.82, 2.24) is 10.2 Å². The van der Waals surface area contributed by atoms with E-state index in [1.54, 1.807) is 4.90 Å². The van der Waals surface area contributed by atoms with Crippen LogP contribution in [-0.2, 0) is 22.7 Å². The van der Waals surface area contributed by atoms with Gasteiger partial charge in [0.15, 0.2) is 0 Å². The van der Waals surface area contributed by atoms with E-state index in [2.05, 4.69) is 10.6 Å². The van der Waals surface area contributed by atoms with Crippen molar-refractivity contribution in [3.8, 4) is 0 Å². The van der Waals surface area contributed by atoms with E-state index in [0.717, 1.165) is 22.4 Å². The number of amides is 3. The van der Waals surface area contributed by atoms with Crippen LogP contribution in [0.15, 0.2) is 42.5 Å². The number of carbonyl (C=O) groups is 3. The lowest BCUT2D eigenvalue weighted by atomic mass is 10.0. The molecule has 0 radical (unpaired) electrons. The van der Waals surface area contributed by atoms with Crippen LogP contribution in [0, 0.1) is 0 Å². The van der Waals surface area contributed by atoms with Gasteiger partial charge in [0.05, 0.1) is 0 Å². The lowest BCUT2D eigenvalue weighted by Crippen LogP contribution is -2.52. The lowest BCUT2D eigenvalue weighted by molar-refractivity contribution is -0.136. The van der Waals surface area contributed by atoms with Gasteiger partial charge in [-0.3, -0.25) is 19.7 Å². The fraction of sp³-hybridized carbons (Fsp3) is 0.318. The molecule has 0 bridgehead atoms. The second kappa shape index (κ2) is 7.67. The van der Waals surface area contributed by atoms with E-state index in [9.17, 15) is 14.4 Å². The normalized spacial score (nSPS) is 19.7. The van der Waals surface area contributed by atoms with Crippen LogP contribution in [0.3, 0.4) is 0 Å². The molecule has 0 spiro atoms. The van der Waals surface area contributed by atoms with Crippen molar-refractivity contribution in [2.45, 2.75) is 44.9 Å². The molecule has 0 aliphatic carbocycles. The molecule has 1 fully saturated rings. The standard InChI is InChI=1S/C22H24N4O3/c1-13(23)14-4-3-7-17(10-14)24-11-15-5-2-6-16-12-26(22(29)20(15)16)18-8-9-19(27)25-21(18)28/h2-7,10,13,18,24H,8-9,11-12,23H2,1H3,(H,25,27,28)/t13-,18?/m1/s1. The summed E-state index contributed by atoms with van der Waals surface area (Å²) in [5.41, 5.74) is 10.4. The fourth-order valence-electron chi connectivity index (χ4n) is 3.97.